The fourth-order valence-electron chi connectivity index (χ4n) is 3.14. The molecule has 0 spiro atoms. The van der Waals surface area contributed by atoms with Crippen molar-refractivity contribution in [1.82, 2.24) is 0 Å². The molecular weight excluding hydrogens is 426 g/mol. The minimum Gasteiger partial charge on any atom is -0.489 e. The largest absolute Gasteiger partial charge is 0.489 e. The number of nitrogens with two attached hydrogens (primary N) is 2. The van der Waals surface area contributed by atoms with E-state index in [1.54, 1.807) is 18.2 Å². The van der Waals surface area contributed by atoms with Crippen LogP contribution in [-0.4, -0.2) is 43.0 Å². The number of rotatable bonds is 6. The van der Waals surface area contributed by atoms with Gasteiger partial charge in [-0.2, -0.15) is 8.42 Å². The zero-order valence-corrected chi connectivity index (χ0v) is 17.2. The molecular formula is C20H21N3O7S. The number of nitrogens with zero attached hydrogens (tertiary/aromatic N) is 1. The maximum atomic E-state index is 12.7. The number of benzene rings is 2. The van der Waals surface area contributed by atoms with Gasteiger partial charge >= 0.3 is 5.97 Å². The predicted octanol–water partition coefficient (Wildman–Crippen LogP) is 1.60. The van der Waals surface area contributed by atoms with E-state index in [-0.39, 0.29) is 42.5 Å². The molecule has 2 aromatic carbocycles. The lowest BCUT2D eigenvalue weighted by Gasteiger charge is -2.13. The number of carbonyl (C=O) groups is 2. The molecule has 0 aromatic heterocycles. The van der Waals surface area contributed by atoms with Crippen LogP contribution in [0.4, 0.5) is 5.69 Å². The molecule has 0 radical (unpaired) electrons. The van der Waals surface area contributed by atoms with Gasteiger partial charge in [-0.1, -0.05) is 6.07 Å². The fraction of sp³-hybridized carbons (Fsp3) is 0.250. The van der Waals surface area contributed by atoms with Crippen molar-refractivity contribution < 1.29 is 32.0 Å². The third-order valence-electron chi connectivity index (χ3n) is 4.47. The van der Waals surface area contributed by atoms with Gasteiger partial charge in [-0.05, 0) is 42.3 Å². The number of aliphatic imine (C=N–C) groups is 1. The normalized spacial score (nSPS) is 13.4. The third kappa shape index (κ3) is 5.80. The summed E-state index contributed by atoms with van der Waals surface area (Å²) in [6.07, 6.45) is 0.138. The van der Waals surface area contributed by atoms with Crippen LogP contribution in [0.25, 0.3) is 0 Å². The van der Waals surface area contributed by atoms with Crippen molar-refractivity contribution in [3.05, 3.63) is 53.1 Å². The number of fused-ring (bicyclic) bond motifs is 2. The molecule has 0 saturated heterocycles. The average molecular weight is 447 g/mol. The van der Waals surface area contributed by atoms with Gasteiger partial charge in [0.1, 0.15) is 0 Å². The van der Waals surface area contributed by atoms with E-state index >= 15 is 0 Å². The van der Waals surface area contributed by atoms with E-state index in [1.165, 1.54) is 18.2 Å². The summed E-state index contributed by atoms with van der Waals surface area (Å²) in [7, 11) is -4.16. The maximum Gasteiger partial charge on any atom is 0.343 e. The Morgan fingerprint density at radius 2 is 1.97 bits per heavy atom. The van der Waals surface area contributed by atoms with E-state index < -0.39 is 27.6 Å². The molecule has 0 atom stereocenters. The average Bonchev–Trinajstić information content (AvgIpc) is 2.73. The van der Waals surface area contributed by atoms with Crippen LogP contribution in [0.5, 0.6) is 11.5 Å². The van der Waals surface area contributed by atoms with Crippen LogP contribution in [0.3, 0.4) is 0 Å². The summed E-state index contributed by atoms with van der Waals surface area (Å²) in [5, 5.41) is 0. The molecule has 0 fully saturated rings. The maximum absolute atomic E-state index is 12.7. The Hall–Kier alpha value is -3.44. The zero-order valence-electron chi connectivity index (χ0n) is 16.4. The lowest BCUT2D eigenvalue weighted by Crippen LogP contribution is -2.22. The Labute approximate surface area is 178 Å². The number of esters is 1. The van der Waals surface area contributed by atoms with Crippen LogP contribution in [0, 0.1) is 0 Å². The summed E-state index contributed by atoms with van der Waals surface area (Å²) in [4.78, 5) is 29.3. The van der Waals surface area contributed by atoms with Crippen molar-refractivity contribution in [2.45, 2.75) is 19.3 Å². The molecule has 164 valence electrons. The summed E-state index contributed by atoms with van der Waals surface area (Å²) in [6.45, 7) is 0.136. The number of ketones is 1. The van der Waals surface area contributed by atoms with Crippen LogP contribution in [0.1, 0.15) is 39.1 Å². The lowest BCUT2D eigenvalue weighted by molar-refractivity contribution is 0.0728. The summed E-state index contributed by atoms with van der Waals surface area (Å²) >= 11 is 0. The molecule has 3 rings (SSSR count). The minimum atomic E-state index is -4.16. The number of ether oxygens (including phenoxy) is 2. The van der Waals surface area contributed by atoms with E-state index in [2.05, 4.69) is 4.99 Å². The van der Waals surface area contributed by atoms with E-state index in [4.69, 9.17) is 25.5 Å². The standard InChI is InChI=1S/C20H21N3O7S/c21-20(22)23-13-6-7-14-12(11-13)8-9-29-18-15(3-1-5-17(18)30-19(14)25)16(24)4-2-10-31(26,27)28/h1,3,5-7,11H,2,4,8-10H2,(H4,21,22,23)(H,26,27,28). The first kappa shape index (κ1) is 22.2. The first-order valence-corrected chi connectivity index (χ1v) is 10.9. The summed E-state index contributed by atoms with van der Waals surface area (Å²) in [5.41, 5.74) is 12.4. The predicted molar refractivity (Wildman–Crippen MR) is 112 cm³/mol. The number of Topliss-reactive ketones (excluding diaryl/α,β-unsaturated/α-hetero) is 1. The van der Waals surface area contributed by atoms with E-state index in [9.17, 15) is 18.0 Å². The topological polar surface area (TPSA) is 171 Å². The third-order valence-corrected chi connectivity index (χ3v) is 5.28. The molecule has 1 heterocycles. The number of carbonyl (C=O) groups excluding carboxylic acids is 2. The molecule has 0 saturated carbocycles. The quantitative estimate of drug-likeness (QED) is 0.148. The number of hydrogen-bond acceptors (Lipinski definition) is 7. The van der Waals surface area contributed by atoms with Gasteiger partial charge in [0, 0.05) is 12.8 Å². The lowest BCUT2D eigenvalue weighted by atomic mass is 10.0. The van der Waals surface area contributed by atoms with Gasteiger partial charge in [-0.3, -0.25) is 9.35 Å². The highest BCUT2D eigenvalue weighted by atomic mass is 32.2. The van der Waals surface area contributed by atoms with Gasteiger partial charge < -0.3 is 20.9 Å². The van der Waals surface area contributed by atoms with Crippen LogP contribution in [0.15, 0.2) is 41.4 Å². The molecule has 1 aliphatic heterocycles. The van der Waals surface area contributed by atoms with Crippen molar-refractivity contribution in [3.63, 3.8) is 0 Å². The Kier molecular flexibility index (Phi) is 6.56. The Bertz CT molecular complexity index is 1160. The van der Waals surface area contributed by atoms with Gasteiger partial charge in [0.15, 0.2) is 23.2 Å². The summed E-state index contributed by atoms with van der Waals surface area (Å²) in [5.74, 6) is -1.50. The molecule has 0 bridgehead atoms. The Morgan fingerprint density at radius 3 is 2.68 bits per heavy atom. The molecule has 1 aliphatic rings. The van der Waals surface area contributed by atoms with Crippen LogP contribution in [0.2, 0.25) is 0 Å². The highest BCUT2D eigenvalue weighted by molar-refractivity contribution is 7.85. The molecule has 2 aromatic rings. The number of para-hydroxylation sites is 1. The SMILES string of the molecule is NC(N)=Nc1ccc2c(c1)CCOc1c(cccc1C(=O)CCCS(=O)(=O)O)OC2=O. The highest BCUT2D eigenvalue weighted by Crippen LogP contribution is 2.35. The molecule has 0 amide bonds. The highest BCUT2D eigenvalue weighted by Gasteiger charge is 2.23. The first-order valence-electron chi connectivity index (χ1n) is 9.33. The first-order chi connectivity index (χ1) is 14.6. The minimum absolute atomic E-state index is 0.0554. The van der Waals surface area contributed by atoms with Crippen LogP contribution < -0.4 is 20.9 Å². The molecule has 5 N–H and O–H groups in total. The van der Waals surface area contributed by atoms with Gasteiger partial charge in [0.25, 0.3) is 10.1 Å². The van der Waals surface area contributed by atoms with Crippen LogP contribution in [-0.2, 0) is 16.5 Å². The second kappa shape index (κ2) is 9.14. The monoisotopic (exact) mass is 447 g/mol. The van der Waals surface area contributed by atoms with Crippen LogP contribution >= 0.6 is 0 Å². The number of guanidine groups is 1. The molecule has 10 nitrogen and oxygen atoms in total. The van der Waals surface area contributed by atoms with Crippen molar-refractivity contribution in [2.24, 2.45) is 16.5 Å². The van der Waals surface area contributed by atoms with Crippen molar-refractivity contribution in [2.75, 3.05) is 12.4 Å². The van der Waals surface area contributed by atoms with Gasteiger partial charge in [-0.25, -0.2) is 9.79 Å². The van der Waals surface area contributed by atoms with Crippen molar-refractivity contribution in [1.29, 1.82) is 0 Å². The van der Waals surface area contributed by atoms with Gasteiger partial charge in [0.05, 0.1) is 29.2 Å². The smallest absolute Gasteiger partial charge is 0.343 e. The van der Waals surface area contributed by atoms with Gasteiger partial charge in [-0.15, -0.1) is 0 Å². The van der Waals surface area contributed by atoms with Crippen molar-refractivity contribution >= 4 is 33.5 Å². The second-order valence-corrected chi connectivity index (χ2v) is 8.38. The van der Waals surface area contributed by atoms with E-state index in [0.717, 1.165) is 0 Å². The molecule has 0 aliphatic carbocycles. The summed E-state index contributed by atoms with van der Waals surface area (Å²) < 4.78 is 41.8. The molecule has 11 heteroatoms. The number of hydrogen-bond donors (Lipinski definition) is 3. The van der Waals surface area contributed by atoms with Crippen molar-refractivity contribution in [3.8, 4) is 11.5 Å². The zero-order chi connectivity index (χ0) is 22.6. The van der Waals surface area contributed by atoms with Gasteiger partial charge in [0.2, 0.25) is 0 Å². The fourth-order valence-corrected chi connectivity index (χ4v) is 3.65. The Morgan fingerprint density at radius 1 is 1.19 bits per heavy atom. The summed E-state index contributed by atoms with van der Waals surface area (Å²) in [6, 6.07) is 9.32. The molecule has 31 heavy (non-hydrogen) atoms. The van der Waals surface area contributed by atoms with E-state index in [0.29, 0.717) is 23.2 Å². The second-order valence-electron chi connectivity index (χ2n) is 6.81. The molecule has 0 unspecified atom stereocenters. The Balaban J connectivity index is 1.87. The van der Waals surface area contributed by atoms with E-state index in [1.807, 2.05) is 0 Å².